The van der Waals surface area contributed by atoms with E-state index in [0.717, 1.165) is 12.2 Å². The molecule has 0 saturated carbocycles. The van der Waals surface area contributed by atoms with Crippen molar-refractivity contribution in [2.24, 2.45) is 0 Å². The van der Waals surface area contributed by atoms with Gasteiger partial charge in [0, 0.05) is 11.3 Å². The minimum atomic E-state index is -0.232. The maximum absolute atomic E-state index is 12.3. The molecule has 0 spiro atoms. The van der Waals surface area contributed by atoms with Crippen molar-refractivity contribution in [3.63, 3.8) is 0 Å². The van der Waals surface area contributed by atoms with Crippen molar-refractivity contribution in [1.82, 2.24) is 0 Å². The minimum absolute atomic E-state index is 0.145. The summed E-state index contributed by atoms with van der Waals surface area (Å²) >= 11 is 0. The molecule has 0 heterocycles. The second-order valence-electron chi connectivity index (χ2n) is 5.27. The average molecular weight is 314 g/mol. The van der Waals surface area contributed by atoms with Crippen molar-refractivity contribution in [3.05, 3.63) is 48.0 Å². The Morgan fingerprint density at radius 1 is 1.22 bits per heavy atom. The van der Waals surface area contributed by atoms with Crippen LogP contribution in [0.15, 0.2) is 42.5 Å². The zero-order valence-corrected chi connectivity index (χ0v) is 13.6. The number of nitrogen functional groups attached to an aromatic ring is 1. The molecule has 0 radical (unpaired) electrons. The molecule has 2 aromatic rings. The molecule has 0 aromatic heterocycles. The molecule has 0 fully saturated rings. The van der Waals surface area contributed by atoms with E-state index in [1.165, 1.54) is 0 Å². The third-order valence-corrected chi connectivity index (χ3v) is 3.50. The molecule has 1 atom stereocenters. The molecule has 0 aliphatic rings. The molecule has 122 valence electrons. The summed E-state index contributed by atoms with van der Waals surface area (Å²) in [6.07, 6.45) is 1.07. The number of hydrogen-bond donors (Lipinski definition) is 2. The van der Waals surface area contributed by atoms with E-state index < -0.39 is 0 Å². The lowest BCUT2D eigenvalue weighted by Gasteiger charge is -2.13. The second-order valence-corrected chi connectivity index (χ2v) is 5.27. The molecule has 1 amide bonds. The third-order valence-electron chi connectivity index (χ3n) is 3.50. The molecule has 2 aromatic carbocycles. The number of carbonyl (C=O) groups excluding carboxylic acids is 1. The number of nitrogens with two attached hydrogens (primary N) is 1. The normalized spacial score (nSPS) is 11.6. The van der Waals surface area contributed by atoms with Gasteiger partial charge in [0.1, 0.15) is 11.5 Å². The molecular formula is C18H22N2O3. The van der Waals surface area contributed by atoms with Gasteiger partial charge in [-0.1, -0.05) is 6.92 Å². The maximum atomic E-state index is 12.3. The van der Waals surface area contributed by atoms with Crippen LogP contribution in [-0.4, -0.2) is 19.1 Å². The van der Waals surface area contributed by atoms with Crippen LogP contribution in [0.4, 0.5) is 11.4 Å². The van der Waals surface area contributed by atoms with Crippen molar-refractivity contribution in [3.8, 4) is 11.5 Å². The fourth-order valence-corrected chi connectivity index (χ4v) is 2.02. The Morgan fingerprint density at radius 3 is 2.52 bits per heavy atom. The van der Waals surface area contributed by atoms with E-state index in [9.17, 15) is 4.79 Å². The first kappa shape index (κ1) is 16.7. The van der Waals surface area contributed by atoms with Crippen molar-refractivity contribution < 1.29 is 14.3 Å². The van der Waals surface area contributed by atoms with Gasteiger partial charge in [0.05, 0.1) is 18.9 Å². The van der Waals surface area contributed by atoms with E-state index in [-0.39, 0.29) is 12.0 Å². The first-order valence-corrected chi connectivity index (χ1v) is 7.55. The van der Waals surface area contributed by atoms with Crippen LogP contribution in [0.3, 0.4) is 0 Å². The van der Waals surface area contributed by atoms with Crippen molar-refractivity contribution in [2.45, 2.75) is 26.4 Å². The highest BCUT2D eigenvalue weighted by atomic mass is 16.5. The van der Waals surface area contributed by atoms with Gasteiger partial charge in [-0.25, -0.2) is 0 Å². The molecular weight excluding hydrogens is 292 g/mol. The quantitative estimate of drug-likeness (QED) is 0.797. The number of anilines is 2. The highest BCUT2D eigenvalue weighted by Crippen LogP contribution is 2.27. The number of amides is 1. The number of nitrogens with one attached hydrogen (secondary N) is 1. The second kappa shape index (κ2) is 7.54. The summed E-state index contributed by atoms with van der Waals surface area (Å²) in [6.45, 7) is 4.07. The fraction of sp³-hybridized carbons (Fsp3) is 0.278. The largest absolute Gasteiger partial charge is 0.495 e. The Bertz CT molecular complexity index is 668. The lowest BCUT2D eigenvalue weighted by Crippen LogP contribution is -2.13. The van der Waals surface area contributed by atoms with Gasteiger partial charge in [-0.2, -0.15) is 0 Å². The molecule has 1 unspecified atom stereocenters. The van der Waals surface area contributed by atoms with Crippen molar-refractivity contribution in [2.75, 3.05) is 18.2 Å². The van der Waals surface area contributed by atoms with Gasteiger partial charge < -0.3 is 20.5 Å². The molecule has 0 aliphatic heterocycles. The van der Waals surface area contributed by atoms with Crippen LogP contribution in [0.25, 0.3) is 0 Å². The Hall–Kier alpha value is -2.69. The van der Waals surface area contributed by atoms with Crippen LogP contribution >= 0.6 is 0 Å². The van der Waals surface area contributed by atoms with Gasteiger partial charge in [0.15, 0.2) is 0 Å². The van der Waals surface area contributed by atoms with Gasteiger partial charge >= 0.3 is 0 Å². The summed E-state index contributed by atoms with van der Waals surface area (Å²) in [6, 6.07) is 12.1. The average Bonchev–Trinajstić information content (AvgIpc) is 2.55. The molecule has 3 N–H and O–H groups in total. The van der Waals surface area contributed by atoms with E-state index in [2.05, 4.69) is 12.2 Å². The van der Waals surface area contributed by atoms with Gasteiger partial charge in [-0.3, -0.25) is 4.79 Å². The summed E-state index contributed by atoms with van der Waals surface area (Å²) in [5.41, 5.74) is 7.38. The number of ether oxygens (including phenoxy) is 2. The SMILES string of the molecule is CCC(C)Oc1ccc(C(=O)Nc2cc(N)ccc2OC)cc1. The van der Waals surface area contributed by atoms with E-state index in [1.807, 2.05) is 6.92 Å². The predicted octanol–water partition coefficient (Wildman–Crippen LogP) is 3.71. The predicted molar refractivity (Wildman–Crippen MR) is 92.2 cm³/mol. The fourth-order valence-electron chi connectivity index (χ4n) is 2.02. The van der Waals surface area contributed by atoms with Gasteiger partial charge in [-0.05, 0) is 55.8 Å². The zero-order chi connectivity index (χ0) is 16.8. The monoisotopic (exact) mass is 314 g/mol. The summed E-state index contributed by atoms with van der Waals surface area (Å²) < 4.78 is 10.9. The summed E-state index contributed by atoms with van der Waals surface area (Å²) in [4.78, 5) is 12.3. The van der Waals surface area contributed by atoms with Gasteiger partial charge in [0.2, 0.25) is 0 Å². The number of hydrogen-bond acceptors (Lipinski definition) is 4. The van der Waals surface area contributed by atoms with E-state index in [4.69, 9.17) is 15.2 Å². The van der Waals surface area contributed by atoms with Crippen LogP contribution in [0.5, 0.6) is 11.5 Å². The van der Waals surface area contributed by atoms with Crippen LogP contribution in [0.1, 0.15) is 30.6 Å². The molecule has 5 heteroatoms. The number of carbonyl (C=O) groups is 1. The topological polar surface area (TPSA) is 73.6 Å². The van der Waals surface area contributed by atoms with Crippen LogP contribution in [-0.2, 0) is 0 Å². The Balaban J connectivity index is 2.10. The number of benzene rings is 2. The van der Waals surface area contributed by atoms with Crippen LogP contribution in [0.2, 0.25) is 0 Å². The van der Waals surface area contributed by atoms with Crippen LogP contribution < -0.4 is 20.5 Å². The maximum Gasteiger partial charge on any atom is 0.255 e. The van der Waals surface area contributed by atoms with Crippen molar-refractivity contribution >= 4 is 17.3 Å². The summed E-state index contributed by atoms with van der Waals surface area (Å²) in [5.74, 6) is 1.07. The highest BCUT2D eigenvalue weighted by molar-refractivity contribution is 6.05. The standard InChI is InChI=1S/C18H22N2O3/c1-4-12(2)23-15-8-5-13(6-9-15)18(21)20-16-11-14(19)7-10-17(16)22-3/h5-12H,4,19H2,1-3H3,(H,20,21). The van der Waals surface area contributed by atoms with Gasteiger partial charge in [-0.15, -0.1) is 0 Å². The zero-order valence-electron chi connectivity index (χ0n) is 13.6. The van der Waals surface area contributed by atoms with E-state index in [1.54, 1.807) is 49.6 Å². The lowest BCUT2D eigenvalue weighted by molar-refractivity contribution is 0.102. The van der Waals surface area contributed by atoms with E-state index in [0.29, 0.717) is 22.7 Å². The Labute approximate surface area is 136 Å². The number of rotatable bonds is 6. The van der Waals surface area contributed by atoms with Crippen molar-refractivity contribution in [1.29, 1.82) is 0 Å². The van der Waals surface area contributed by atoms with Crippen LogP contribution in [0, 0.1) is 0 Å². The Kier molecular flexibility index (Phi) is 5.46. The first-order valence-electron chi connectivity index (χ1n) is 7.55. The van der Waals surface area contributed by atoms with Gasteiger partial charge in [0.25, 0.3) is 5.91 Å². The molecule has 0 bridgehead atoms. The Morgan fingerprint density at radius 2 is 1.91 bits per heavy atom. The molecule has 5 nitrogen and oxygen atoms in total. The smallest absolute Gasteiger partial charge is 0.255 e. The highest BCUT2D eigenvalue weighted by Gasteiger charge is 2.11. The molecule has 0 saturated heterocycles. The molecule has 0 aliphatic carbocycles. The lowest BCUT2D eigenvalue weighted by atomic mass is 10.2. The minimum Gasteiger partial charge on any atom is -0.495 e. The number of methoxy groups -OCH3 is 1. The summed E-state index contributed by atoms with van der Waals surface area (Å²) in [7, 11) is 1.54. The molecule has 23 heavy (non-hydrogen) atoms. The first-order chi connectivity index (χ1) is 11.0. The molecule has 2 rings (SSSR count). The third kappa shape index (κ3) is 4.39. The summed E-state index contributed by atoms with van der Waals surface area (Å²) in [5, 5.41) is 2.81. The van der Waals surface area contributed by atoms with E-state index >= 15 is 0 Å².